The van der Waals surface area contributed by atoms with E-state index in [2.05, 4.69) is 226 Å². The first-order chi connectivity index (χ1) is 28.3. The van der Waals surface area contributed by atoms with Crippen LogP contribution in [0.25, 0.3) is 87.8 Å². The highest BCUT2D eigenvalue weighted by Gasteiger charge is 2.20. The van der Waals surface area contributed by atoms with Crippen molar-refractivity contribution in [2.75, 3.05) is 4.90 Å². The molecule has 0 N–H and O–H groups in total. The summed E-state index contributed by atoms with van der Waals surface area (Å²) in [5, 5.41) is 7.63. The van der Waals surface area contributed by atoms with Gasteiger partial charge in [0.15, 0.2) is 0 Å². The van der Waals surface area contributed by atoms with Crippen LogP contribution in [-0.4, -0.2) is 8.97 Å². The minimum atomic E-state index is 1.10. The number of anilines is 3. The van der Waals surface area contributed by atoms with Gasteiger partial charge in [-0.05, 0) is 101 Å². The number of aromatic nitrogens is 2. The molecule has 0 aliphatic heterocycles. The van der Waals surface area contributed by atoms with Gasteiger partial charge in [0.25, 0.3) is 0 Å². The maximum absolute atomic E-state index is 2.45. The van der Waals surface area contributed by atoms with E-state index < -0.39 is 0 Å². The second-order valence-electron chi connectivity index (χ2n) is 15.0. The van der Waals surface area contributed by atoms with Gasteiger partial charge in [0.1, 0.15) is 0 Å². The highest BCUT2D eigenvalue weighted by Crippen LogP contribution is 2.43. The Kier molecular flexibility index (Phi) is 6.93. The van der Waals surface area contributed by atoms with Crippen molar-refractivity contribution < 1.29 is 0 Å². The van der Waals surface area contributed by atoms with Gasteiger partial charge in [0, 0.05) is 55.1 Å². The summed E-state index contributed by atoms with van der Waals surface area (Å²) in [6.07, 6.45) is 0. The lowest BCUT2D eigenvalue weighted by Gasteiger charge is -2.26. The van der Waals surface area contributed by atoms with Crippen molar-refractivity contribution in [2.24, 2.45) is 0 Å². The summed E-state index contributed by atoms with van der Waals surface area (Å²) < 4.78 is 4.82. The van der Waals surface area contributed by atoms with Gasteiger partial charge >= 0.3 is 0 Å². The zero-order chi connectivity index (χ0) is 37.5. The van der Waals surface area contributed by atoms with E-state index in [0.29, 0.717) is 0 Å². The van der Waals surface area contributed by atoms with Crippen LogP contribution in [0, 0.1) is 0 Å². The molecule has 3 aromatic heterocycles. The maximum atomic E-state index is 2.45. The number of rotatable bonds is 6. The molecular weight excluding hydrogens is 691 g/mol. The summed E-state index contributed by atoms with van der Waals surface area (Å²) in [7, 11) is 0. The van der Waals surface area contributed by atoms with E-state index in [1.54, 1.807) is 0 Å². The van der Waals surface area contributed by atoms with E-state index in [4.69, 9.17) is 0 Å². The van der Waals surface area contributed by atoms with Crippen LogP contribution < -0.4 is 4.90 Å². The Morgan fingerprint density at radius 2 is 0.772 bits per heavy atom. The number of benzene rings is 9. The van der Waals surface area contributed by atoms with Gasteiger partial charge in [-0.2, -0.15) is 0 Å². The third-order valence-corrected chi connectivity index (χ3v) is 11.8. The lowest BCUT2D eigenvalue weighted by Crippen LogP contribution is -2.10. The molecule has 0 radical (unpaired) electrons. The highest BCUT2D eigenvalue weighted by molar-refractivity contribution is 6.23. The molecule has 57 heavy (non-hydrogen) atoms. The van der Waals surface area contributed by atoms with Crippen LogP contribution in [-0.2, 0) is 0 Å². The molecule has 0 atom stereocenters. The molecule has 0 saturated heterocycles. The van der Waals surface area contributed by atoms with Gasteiger partial charge < -0.3 is 13.9 Å². The van der Waals surface area contributed by atoms with Crippen LogP contribution in [0.1, 0.15) is 0 Å². The normalized spacial score (nSPS) is 11.9. The molecule has 0 spiro atoms. The molecule has 0 unspecified atom stereocenters. The number of fused-ring (bicyclic) bond motifs is 9. The number of para-hydroxylation sites is 4. The summed E-state index contributed by atoms with van der Waals surface area (Å²) in [5.74, 6) is 0. The minimum Gasteiger partial charge on any atom is -0.310 e. The predicted molar refractivity (Wildman–Crippen MR) is 241 cm³/mol. The van der Waals surface area contributed by atoms with Crippen molar-refractivity contribution in [3.05, 3.63) is 212 Å². The first-order valence-corrected chi connectivity index (χ1v) is 19.6. The smallest absolute Gasteiger partial charge is 0.0620 e. The second kappa shape index (κ2) is 12.5. The van der Waals surface area contributed by atoms with Crippen molar-refractivity contribution in [3.8, 4) is 27.9 Å². The molecule has 0 amide bonds. The number of hydrogen-bond acceptors (Lipinski definition) is 1. The van der Waals surface area contributed by atoms with Crippen LogP contribution >= 0.6 is 0 Å². The number of hydrogen-bond donors (Lipinski definition) is 0. The van der Waals surface area contributed by atoms with Gasteiger partial charge in [-0.3, -0.25) is 0 Å². The van der Waals surface area contributed by atoms with Crippen molar-refractivity contribution >= 4 is 77.0 Å². The van der Waals surface area contributed by atoms with Crippen LogP contribution in [0.3, 0.4) is 0 Å². The second-order valence-corrected chi connectivity index (χ2v) is 15.0. The van der Waals surface area contributed by atoms with Gasteiger partial charge in [-0.1, -0.05) is 133 Å². The zero-order valence-electron chi connectivity index (χ0n) is 31.0. The highest BCUT2D eigenvalue weighted by atomic mass is 15.1. The Hall–Kier alpha value is -7.62. The fourth-order valence-electron chi connectivity index (χ4n) is 9.27. The molecular formula is C54H35N3. The molecule has 9 aromatic carbocycles. The fraction of sp³-hybridized carbons (Fsp3) is 0. The van der Waals surface area contributed by atoms with Crippen molar-refractivity contribution in [3.63, 3.8) is 0 Å². The Morgan fingerprint density at radius 1 is 0.281 bits per heavy atom. The van der Waals surface area contributed by atoms with Crippen LogP contribution in [0.15, 0.2) is 212 Å². The first kappa shape index (κ1) is 31.7. The van der Waals surface area contributed by atoms with E-state index in [1.165, 1.54) is 82.2 Å². The van der Waals surface area contributed by atoms with Gasteiger partial charge in [0.2, 0.25) is 0 Å². The molecule has 12 aromatic rings. The average molecular weight is 726 g/mol. The van der Waals surface area contributed by atoms with Gasteiger partial charge in [-0.15, -0.1) is 0 Å². The molecule has 0 aliphatic rings. The molecule has 3 heteroatoms. The summed E-state index contributed by atoms with van der Waals surface area (Å²) in [6, 6.07) is 77.4. The van der Waals surface area contributed by atoms with E-state index in [9.17, 15) is 0 Å². The summed E-state index contributed by atoms with van der Waals surface area (Å²) >= 11 is 0. The Morgan fingerprint density at radius 3 is 1.58 bits per heavy atom. The molecule has 0 fully saturated rings. The average Bonchev–Trinajstić information content (AvgIpc) is 3.92. The standard InChI is InChI=1S/C54H35N3/c1-3-13-36(14-4-1)37-25-28-41(29-26-37)55(43-30-32-52-49(35-43)45-20-8-9-23-50(45)56(52)40-16-5-2-6-17-40)42-18-11-15-38(33-42)39-27-31-53-48(34-39)47-22-12-21-46-44-19-7-10-24-51(44)57(53)54(46)47/h1-35H. The van der Waals surface area contributed by atoms with Gasteiger partial charge in [-0.25, -0.2) is 0 Å². The minimum absolute atomic E-state index is 1.10. The fourth-order valence-corrected chi connectivity index (χ4v) is 9.27. The first-order valence-electron chi connectivity index (χ1n) is 19.6. The zero-order valence-corrected chi connectivity index (χ0v) is 31.0. The van der Waals surface area contributed by atoms with E-state index in [1.807, 2.05) is 0 Å². The number of nitrogens with zero attached hydrogens (tertiary/aromatic N) is 3. The molecule has 0 bridgehead atoms. The summed E-state index contributed by atoms with van der Waals surface area (Å²) in [4.78, 5) is 2.40. The maximum Gasteiger partial charge on any atom is 0.0620 e. The van der Waals surface area contributed by atoms with Gasteiger partial charge in [0.05, 0.1) is 27.6 Å². The van der Waals surface area contributed by atoms with Crippen LogP contribution in [0.2, 0.25) is 0 Å². The third kappa shape index (κ3) is 4.86. The van der Waals surface area contributed by atoms with E-state index in [0.717, 1.165) is 22.7 Å². The molecule has 266 valence electrons. The Labute approximate surface area is 329 Å². The molecule has 0 saturated carbocycles. The van der Waals surface area contributed by atoms with Crippen molar-refractivity contribution in [2.45, 2.75) is 0 Å². The predicted octanol–water partition coefficient (Wildman–Crippen LogP) is 14.7. The summed E-state index contributed by atoms with van der Waals surface area (Å²) in [5.41, 5.74) is 15.4. The van der Waals surface area contributed by atoms with Crippen molar-refractivity contribution in [1.82, 2.24) is 8.97 Å². The Bertz CT molecular complexity index is 3450. The van der Waals surface area contributed by atoms with Crippen LogP contribution in [0.5, 0.6) is 0 Å². The summed E-state index contributed by atoms with van der Waals surface area (Å²) in [6.45, 7) is 0. The lowest BCUT2D eigenvalue weighted by atomic mass is 10.0. The molecule has 3 nitrogen and oxygen atoms in total. The van der Waals surface area contributed by atoms with Crippen molar-refractivity contribution in [1.29, 1.82) is 0 Å². The SMILES string of the molecule is c1ccc(-c2ccc(N(c3cccc(-c4ccc5c(c4)c4cccc6c7ccccc7n5c64)c3)c3ccc4c(c3)c3ccccc3n4-c3ccccc3)cc2)cc1. The third-order valence-electron chi connectivity index (χ3n) is 11.8. The van der Waals surface area contributed by atoms with E-state index >= 15 is 0 Å². The monoisotopic (exact) mass is 725 g/mol. The molecule has 12 rings (SSSR count). The molecule has 3 heterocycles. The quantitative estimate of drug-likeness (QED) is 0.166. The topological polar surface area (TPSA) is 12.6 Å². The Balaban J connectivity index is 1.03. The largest absolute Gasteiger partial charge is 0.310 e. The lowest BCUT2D eigenvalue weighted by molar-refractivity contribution is 1.18. The van der Waals surface area contributed by atoms with Crippen LogP contribution in [0.4, 0.5) is 17.1 Å². The van der Waals surface area contributed by atoms with E-state index in [-0.39, 0.29) is 0 Å². The molecule has 0 aliphatic carbocycles.